The van der Waals surface area contributed by atoms with E-state index in [4.69, 9.17) is 0 Å². The Morgan fingerprint density at radius 1 is 1.33 bits per heavy atom. The van der Waals surface area contributed by atoms with Gasteiger partial charge in [-0.25, -0.2) is 0 Å². The van der Waals surface area contributed by atoms with Crippen LogP contribution < -0.4 is 5.32 Å². The summed E-state index contributed by atoms with van der Waals surface area (Å²) in [4.78, 5) is 2.54. The first kappa shape index (κ1) is 7.87. The number of hydrogen-bond donors (Lipinski definition) is 1. The van der Waals surface area contributed by atoms with Gasteiger partial charge in [0.15, 0.2) is 0 Å². The first-order chi connectivity index (χ1) is 5.97. The molecule has 0 aromatic rings. The molecule has 1 N–H and O–H groups in total. The van der Waals surface area contributed by atoms with E-state index in [2.05, 4.69) is 34.6 Å². The maximum Gasteiger partial charge on any atom is 0.0315 e. The van der Waals surface area contributed by atoms with Crippen molar-refractivity contribution >= 4 is 0 Å². The molecular weight excluding hydrogens is 148 g/mol. The van der Waals surface area contributed by atoms with Gasteiger partial charge in [-0.1, -0.05) is 18.2 Å². The molecule has 2 heteroatoms. The molecule has 0 spiro atoms. The predicted molar refractivity (Wildman–Crippen MR) is 50.9 cm³/mol. The molecule has 2 rings (SSSR count). The van der Waals surface area contributed by atoms with E-state index in [1.165, 1.54) is 19.4 Å². The van der Waals surface area contributed by atoms with Crippen molar-refractivity contribution in [3.05, 3.63) is 24.4 Å². The third-order valence-electron chi connectivity index (χ3n) is 2.58. The Kier molecular flexibility index (Phi) is 2.47. The molecule has 0 saturated carbocycles. The van der Waals surface area contributed by atoms with E-state index in [0.29, 0.717) is 6.04 Å². The van der Waals surface area contributed by atoms with Crippen LogP contribution in [-0.4, -0.2) is 30.6 Å². The highest BCUT2D eigenvalue weighted by molar-refractivity contribution is 5.02. The Bertz CT molecular complexity index is 196. The molecule has 1 unspecified atom stereocenters. The second-order valence-electron chi connectivity index (χ2n) is 3.42. The van der Waals surface area contributed by atoms with Crippen LogP contribution in [-0.2, 0) is 0 Å². The molecule has 0 fully saturated rings. The van der Waals surface area contributed by atoms with E-state index in [1.807, 2.05) is 0 Å². The third-order valence-corrected chi connectivity index (χ3v) is 2.58. The van der Waals surface area contributed by atoms with Crippen LogP contribution in [0, 0.1) is 0 Å². The zero-order valence-electron chi connectivity index (χ0n) is 7.37. The Hall–Kier alpha value is -0.760. The number of hydrogen-bond acceptors (Lipinski definition) is 2. The lowest BCUT2D eigenvalue weighted by molar-refractivity contribution is 0.235. The maximum atomic E-state index is 3.23. The van der Waals surface area contributed by atoms with Gasteiger partial charge in [0.05, 0.1) is 0 Å². The van der Waals surface area contributed by atoms with Gasteiger partial charge < -0.3 is 5.32 Å². The highest BCUT2D eigenvalue weighted by atomic mass is 15.2. The van der Waals surface area contributed by atoms with Gasteiger partial charge in [0, 0.05) is 25.7 Å². The molecule has 66 valence electrons. The van der Waals surface area contributed by atoms with E-state index in [1.54, 1.807) is 0 Å². The van der Waals surface area contributed by atoms with E-state index in [0.717, 1.165) is 13.1 Å². The first-order valence-corrected chi connectivity index (χ1v) is 4.76. The Labute approximate surface area is 73.9 Å². The predicted octanol–water partition coefficient (Wildman–Crippen LogP) is 1.12. The van der Waals surface area contributed by atoms with Crippen LogP contribution >= 0.6 is 0 Å². The van der Waals surface area contributed by atoms with Crippen LogP contribution in [0.5, 0.6) is 0 Å². The SMILES string of the molecule is C1=CCN(C2C=CNCC2)CC1. The van der Waals surface area contributed by atoms with E-state index in [-0.39, 0.29) is 0 Å². The lowest BCUT2D eigenvalue weighted by Crippen LogP contribution is -2.39. The van der Waals surface area contributed by atoms with Crippen molar-refractivity contribution in [1.82, 2.24) is 10.2 Å². The summed E-state index contributed by atoms with van der Waals surface area (Å²) in [6, 6.07) is 0.677. The molecule has 1 atom stereocenters. The fraction of sp³-hybridized carbons (Fsp3) is 0.600. The van der Waals surface area contributed by atoms with E-state index >= 15 is 0 Å². The van der Waals surface area contributed by atoms with Crippen LogP contribution in [0.2, 0.25) is 0 Å². The van der Waals surface area contributed by atoms with Gasteiger partial charge in [0.2, 0.25) is 0 Å². The Morgan fingerprint density at radius 2 is 2.33 bits per heavy atom. The lowest BCUT2D eigenvalue weighted by Gasteiger charge is -2.32. The molecule has 0 bridgehead atoms. The zero-order chi connectivity index (χ0) is 8.23. The minimum Gasteiger partial charge on any atom is -0.391 e. The van der Waals surface area contributed by atoms with Gasteiger partial charge in [0.1, 0.15) is 0 Å². The highest BCUT2D eigenvalue weighted by Crippen LogP contribution is 2.12. The number of nitrogens with zero attached hydrogens (tertiary/aromatic N) is 1. The van der Waals surface area contributed by atoms with Crippen LogP contribution in [0.3, 0.4) is 0 Å². The third kappa shape index (κ3) is 1.69. The Balaban J connectivity index is 1.94. The first-order valence-electron chi connectivity index (χ1n) is 4.76. The second kappa shape index (κ2) is 3.76. The molecular formula is C10H16N2. The van der Waals surface area contributed by atoms with Crippen molar-refractivity contribution in [2.24, 2.45) is 0 Å². The molecule has 2 aliphatic heterocycles. The van der Waals surface area contributed by atoms with Gasteiger partial charge in [-0.15, -0.1) is 0 Å². The zero-order valence-corrected chi connectivity index (χ0v) is 7.37. The van der Waals surface area contributed by atoms with Crippen molar-refractivity contribution < 1.29 is 0 Å². The van der Waals surface area contributed by atoms with Crippen LogP contribution in [0.4, 0.5) is 0 Å². The summed E-state index contributed by atoms with van der Waals surface area (Å²) in [5.74, 6) is 0. The summed E-state index contributed by atoms with van der Waals surface area (Å²) in [6.45, 7) is 3.49. The van der Waals surface area contributed by atoms with Gasteiger partial charge in [0.25, 0.3) is 0 Å². The number of rotatable bonds is 1. The topological polar surface area (TPSA) is 15.3 Å². The molecule has 0 saturated heterocycles. The molecule has 0 radical (unpaired) electrons. The van der Waals surface area contributed by atoms with Gasteiger partial charge >= 0.3 is 0 Å². The smallest absolute Gasteiger partial charge is 0.0315 e. The van der Waals surface area contributed by atoms with Gasteiger partial charge in [-0.05, 0) is 19.0 Å². The van der Waals surface area contributed by atoms with Crippen molar-refractivity contribution in [3.8, 4) is 0 Å². The van der Waals surface area contributed by atoms with E-state index in [9.17, 15) is 0 Å². The van der Waals surface area contributed by atoms with Crippen molar-refractivity contribution in [2.75, 3.05) is 19.6 Å². The number of nitrogens with one attached hydrogen (secondary N) is 1. The second-order valence-corrected chi connectivity index (χ2v) is 3.42. The van der Waals surface area contributed by atoms with Crippen LogP contribution in [0.1, 0.15) is 12.8 Å². The molecule has 2 heterocycles. The summed E-state index contributed by atoms with van der Waals surface area (Å²) in [5, 5.41) is 3.23. The average Bonchev–Trinajstić information content (AvgIpc) is 2.21. The van der Waals surface area contributed by atoms with Crippen molar-refractivity contribution in [1.29, 1.82) is 0 Å². The summed E-state index contributed by atoms with van der Waals surface area (Å²) < 4.78 is 0. The summed E-state index contributed by atoms with van der Waals surface area (Å²) in [7, 11) is 0. The molecule has 2 aliphatic rings. The van der Waals surface area contributed by atoms with Crippen molar-refractivity contribution in [3.63, 3.8) is 0 Å². The molecule has 12 heavy (non-hydrogen) atoms. The maximum absolute atomic E-state index is 3.23. The molecule has 0 aromatic carbocycles. The monoisotopic (exact) mass is 164 g/mol. The molecule has 2 nitrogen and oxygen atoms in total. The lowest BCUT2D eigenvalue weighted by atomic mass is 10.1. The largest absolute Gasteiger partial charge is 0.391 e. The summed E-state index contributed by atoms with van der Waals surface area (Å²) in [6.07, 6.45) is 11.4. The minimum absolute atomic E-state index is 0.677. The summed E-state index contributed by atoms with van der Waals surface area (Å²) >= 11 is 0. The standard InChI is InChI=1S/C10H16N2/c1-2-8-12(9-3-1)10-4-6-11-7-5-10/h1-2,4,6,10-11H,3,5,7-9H2. The summed E-state index contributed by atoms with van der Waals surface area (Å²) in [5.41, 5.74) is 0. The quantitative estimate of drug-likeness (QED) is 0.584. The van der Waals surface area contributed by atoms with Gasteiger partial charge in [-0.2, -0.15) is 0 Å². The van der Waals surface area contributed by atoms with Crippen molar-refractivity contribution in [2.45, 2.75) is 18.9 Å². The molecule has 0 amide bonds. The van der Waals surface area contributed by atoms with Crippen LogP contribution in [0.25, 0.3) is 0 Å². The Morgan fingerprint density at radius 3 is 3.00 bits per heavy atom. The molecule has 0 aliphatic carbocycles. The fourth-order valence-corrected chi connectivity index (χ4v) is 1.85. The highest BCUT2D eigenvalue weighted by Gasteiger charge is 2.16. The molecule has 0 aromatic heterocycles. The average molecular weight is 164 g/mol. The minimum atomic E-state index is 0.677. The van der Waals surface area contributed by atoms with E-state index < -0.39 is 0 Å². The van der Waals surface area contributed by atoms with Crippen LogP contribution in [0.15, 0.2) is 24.4 Å². The van der Waals surface area contributed by atoms with Gasteiger partial charge in [-0.3, -0.25) is 4.90 Å². The fourth-order valence-electron chi connectivity index (χ4n) is 1.85. The normalized spacial score (nSPS) is 30.2.